The summed E-state index contributed by atoms with van der Waals surface area (Å²) in [6.45, 7) is 6.20. The Morgan fingerprint density at radius 3 is 2.36 bits per heavy atom. The molecule has 1 aromatic carbocycles. The maximum atomic E-state index is 13.5. The Kier molecular flexibility index (Phi) is 8.16. The summed E-state index contributed by atoms with van der Waals surface area (Å²) in [6.07, 6.45) is -2.83. The molecule has 1 aliphatic heterocycles. The Morgan fingerprint density at radius 1 is 1.21 bits per heavy atom. The van der Waals surface area contributed by atoms with Gasteiger partial charge in [-0.1, -0.05) is 11.6 Å². The number of hydrogen-bond acceptors (Lipinski definition) is 6. The molecule has 1 aliphatic rings. The van der Waals surface area contributed by atoms with E-state index in [9.17, 15) is 27.6 Å². The van der Waals surface area contributed by atoms with E-state index in [2.05, 4.69) is 4.74 Å². The fourth-order valence-corrected chi connectivity index (χ4v) is 3.80. The number of allylic oxidation sites excluding steroid dienone is 2. The molecule has 0 radical (unpaired) electrons. The molecule has 0 fully saturated rings. The molecule has 10 heteroatoms. The average molecular weight is 471 g/mol. The van der Waals surface area contributed by atoms with Crippen molar-refractivity contribution in [3.63, 3.8) is 0 Å². The Balaban J connectivity index is 2.73. The van der Waals surface area contributed by atoms with Crippen molar-refractivity contribution in [2.45, 2.75) is 65.8 Å². The summed E-state index contributed by atoms with van der Waals surface area (Å²) in [6, 6.07) is -0.910. The van der Waals surface area contributed by atoms with E-state index in [4.69, 9.17) is 9.47 Å². The van der Waals surface area contributed by atoms with E-state index in [1.54, 1.807) is 19.9 Å². The summed E-state index contributed by atoms with van der Waals surface area (Å²) in [5, 5.41) is 0. The van der Waals surface area contributed by atoms with E-state index in [1.165, 1.54) is 28.1 Å². The number of benzene rings is 1. The highest BCUT2D eigenvalue weighted by atomic mass is 19.4. The zero-order valence-corrected chi connectivity index (χ0v) is 19.5. The predicted molar refractivity (Wildman–Crippen MR) is 114 cm³/mol. The van der Waals surface area contributed by atoms with Gasteiger partial charge in [-0.2, -0.15) is 13.2 Å². The lowest BCUT2D eigenvalue weighted by atomic mass is 9.92. The number of carbonyl (C=O) groups excluding carboxylic acids is 3. The smallest absolute Gasteiger partial charge is 0.471 e. The Bertz CT molecular complexity index is 982. The van der Waals surface area contributed by atoms with Crippen LogP contribution in [0.5, 0.6) is 5.75 Å². The number of amides is 1. The van der Waals surface area contributed by atoms with Crippen molar-refractivity contribution in [3.8, 4) is 5.75 Å². The van der Waals surface area contributed by atoms with Gasteiger partial charge in [0.1, 0.15) is 12.4 Å². The highest BCUT2D eigenvalue weighted by molar-refractivity contribution is 6.08. The molecule has 2 rings (SSSR count). The summed E-state index contributed by atoms with van der Waals surface area (Å²) in [5.41, 5.74) is 1.77. The molecule has 1 amide bonds. The second kappa shape index (κ2) is 10.3. The van der Waals surface area contributed by atoms with Crippen molar-refractivity contribution in [2.75, 3.05) is 19.1 Å². The van der Waals surface area contributed by atoms with Crippen molar-refractivity contribution in [1.29, 1.82) is 0 Å². The molecule has 182 valence electrons. The first-order chi connectivity index (χ1) is 15.3. The SMILES string of the molecule is COC(=O)CC/C(C)=C/Cc1c(OC)c(C)c2c(c1N(C(=O)C(F)(F)F)C(C)C)C(=O)OC2. The fourth-order valence-electron chi connectivity index (χ4n) is 3.80. The lowest BCUT2D eigenvalue weighted by Gasteiger charge is -2.32. The van der Waals surface area contributed by atoms with Crippen molar-refractivity contribution in [1.82, 2.24) is 0 Å². The molecule has 7 nitrogen and oxygen atoms in total. The first kappa shape index (κ1) is 26.2. The third-order valence-electron chi connectivity index (χ3n) is 5.47. The molecule has 0 saturated carbocycles. The lowest BCUT2D eigenvalue weighted by Crippen LogP contribution is -2.46. The van der Waals surface area contributed by atoms with E-state index in [0.29, 0.717) is 22.4 Å². The summed E-state index contributed by atoms with van der Waals surface area (Å²) in [7, 11) is 2.65. The molecule has 0 aliphatic carbocycles. The molecule has 0 saturated heterocycles. The number of fused-ring (bicyclic) bond motifs is 1. The van der Waals surface area contributed by atoms with Gasteiger partial charge >= 0.3 is 24.0 Å². The summed E-state index contributed by atoms with van der Waals surface area (Å²) < 4.78 is 55.8. The summed E-state index contributed by atoms with van der Waals surface area (Å²) in [5.74, 6) is -2.99. The van der Waals surface area contributed by atoms with Gasteiger partial charge in [0.15, 0.2) is 0 Å². The normalized spacial score (nSPS) is 13.6. The molecule has 0 N–H and O–H groups in total. The molecule has 1 heterocycles. The van der Waals surface area contributed by atoms with E-state index >= 15 is 0 Å². The van der Waals surface area contributed by atoms with Crippen LogP contribution in [0.4, 0.5) is 18.9 Å². The van der Waals surface area contributed by atoms with Crippen LogP contribution in [0.3, 0.4) is 0 Å². The Labute approximate surface area is 190 Å². The minimum absolute atomic E-state index is 0.0600. The number of nitrogens with zero attached hydrogens (tertiary/aromatic N) is 1. The average Bonchev–Trinajstić information content (AvgIpc) is 3.13. The van der Waals surface area contributed by atoms with Crippen LogP contribution in [0.15, 0.2) is 11.6 Å². The van der Waals surface area contributed by atoms with Crippen LogP contribution in [0.2, 0.25) is 0 Å². The molecule has 0 bridgehead atoms. The lowest BCUT2D eigenvalue weighted by molar-refractivity contribution is -0.170. The highest BCUT2D eigenvalue weighted by Crippen LogP contribution is 2.44. The molecular weight excluding hydrogens is 443 g/mol. The van der Waals surface area contributed by atoms with E-state index in [1.807, 2.05) is 0 Å². The van der Waals surface area contributed by atoms with Crippen molar-refractivity contribution in [2.24, 2.45) is 0 Å². The topological polar surface area (TPSA) is 82.1 Å². The molecule has 0 unspecified atom stereocenters. The quantitative estimate of drug-likeness (QED) is 0.412. The third-order valence-corrected chi connectivity index (χ3v) is 5.47. The number of carbonyl (C=O) groups is 3. The number of rotatable bonds is 8. The Morgan fingerprint density at radius 2 is 1.85 bits per heavy atom. The largest absolute Gasteiger partial charge is 0.496 e. The molecular formula is C23H28F3NO6. The maximum absolute atomic E-state index is 13.5. The number of methoxy groups -OCH3 is 2. The second-order valence-electron chi connectivity index (χ2n) is 8.01. The van der Waals surface area contributed by atoms with E-state index in [0.717, 1.165) is 5.57 Å². The van der Waals surface area contributed by atoms with Gasteiger partial charge in [0, 0.05) is 23.6 Å². The second-order valence-corrected chi connectivity index (χ2v) is 8.01. The van der Waals surface area contributed by atoms with Crippen molar-refractivity contribution >= 4 is 23.5 Å². The van der Waals surface area contributed by atoms with Crippen LogP contribution < -0.4 is 9.64 Å². The number of cyclic esters (lactones) is 1. The van der Waals surface area contributed by atoms with Gasteiger partial charge in [0.2, 0.25) is 0 Å². The predicted octanol–water partition coefficient (Wildman–Crippen LogP) is 4.42. The number of esters is 2. The fraction of sp³-hybridized carbons (Fsp3) is 0.522. The standard InChI is InChI=1S/C23H28F3NO6/c1-12(2)27(22(30)23(24,25)26)19-15(9-7-13(3)8-10-17(28)31-5)20(32-6)14(4)16-11-33-21(29)18(16)19/h7,12H,8-11H2,1-6H3/b13-7+. The van der Waals surface area contributed by atoms with Crippen LogP contribution in [0.1, 0.15) is 60.7 Å². The molecule has 0 aromatic heterocycles. The van der Waals surface area contributed by atoms with Crippen LogP contribution in [-0.4, -0.2) is 44.3 Å². The maximum Gasteiger partial charge on any atom is 0.471 e. The van der Waals surface area contributed by atoms with Gasteiger partial charge in [0.05, 0.1) is 25.5 Å². The first-order valence-electron chi connectivity index (χ1n) is 10.4. The first-order valence-corrected chi connectivity index (χ1v) is 10.4. The minimum Gasteiger partial charge on any atom is -0.496 e. The highest BCUT2D eigenvalue weighted by Gasteiger charge is 2.47. The van der Waals surface area contributed by atoms with Gasteiger partial charge in [-0.15, -0.1) is 0 Å². The molecule has 0 spiro atoms. The molecule has 33 heavy (non-hydrogen) atoms. The summed E-state index contributed by atoms with van der Waals surface area (Å²) >= 11 is 0. The number of ether oxygens (including phenoxy) is 3. The molecule has 0 atom stereocenters. The van der Waals surface area contributed by atoms with Gasteiger partial charge in [-0.3, -0.25) is 9.59 Å². The van der Waals surface area contributed by atoms with Gasteiger partial charge in [-0.05, 0) is 46.1 Å². The Hall–Kier alpha value is -3.04. The number of alkyl halides is 3. The van der Waals surface area contributed by atoms with Crippen molar-refractivity contribution in [3.05, 3.63) is 33.9 Å². The van der Waals surface area contributed by atoms with Crippen LogP contribution in [0, 0.1) is 6.92 Å². The third kappa shape index (κ3) is 5.48. The number of anilines is 1. The zero-order chi connectivity index (χ0) is 25.1. The van der Waals surface area contributed by atoms with Crippen LogP contribution in [-0.2, 0) is 32.1 Å². The number of halogens is 3. The van der Waals surface area contributed by atoms with Crippen molar-refractivity contribution < 1.29 is 41.8 Å². The summed E-state index contributed by atoms with van der Waals surface area (Å²) in [4.78, 5) is 37.0. The van der Waals surface area contributed by atoms with Gasteiger partial charge < -0.3 is 19.1 Å². The number of hydrogen-bond donors (Lipinski definition) is 0. The van der Waals surface area contributed by atoms with Gasteiger partial charge in [-0.25, -0.2) is 4.79 Å². The van der Waals surface area contributed by atoms with Crippen LogP contribution >= 0.6 is 0 Å². The van der Waals surface area contributed by atoms with Crippen LogP contribution in [0.25, 0.3) is 0 Å². The molecule has 1 aromatic rings. The zero-order valence-electron chi connectivity index (χ0n) is 19.5. The monoisotopic (exact) mass is 471 g/mol. The van der Waals surface area contributed by atoms with Gasteiger partial charge in [0.25, 0.3) is 0 Å². The van der Waals surface area contributed by atoms with E-state index in [-0.39, 0.29) is 48.0 Å². The van der Waals surface area contributed by atoms with E-state index < -0.39 is 24.1 Å². The minimum atomic E-state index is -5.15.